The lowest BCUT2D eigenvalue weighted by Gasteiger charge is -2.37. The summed E-state index contributed by atoms with van der Waals surface area (Å²) in [4.78, 5) is 1.50. The molecule has 2 rings (SSSR count). The van der Waals surface area contributed by atoms with Gasteiger partial charge in [-0.05, 0) is 23.9 Å². The van der Waals surface area contributed by atoms with E-state index in [9.17, 15) is 0 Å². The van der Waals surface area contributed by atoms with Crippen molar-refractivity contribution < 1.29 is 4.74 Å². The Hall–Kier alpha value is -0.340. The highest BCUT2D eigenvalue weighted by Gasteiger charge is 2.37. The largest absolute Gasteiger partial charge is 0.379 e. The van der Waals surface area contributed by atoms with Gasteiger partial charge in [-0.1, -0.05) is 6.92 Å². The van der Waals surface area contributed by atoms with E-state index in [0.717, 1.165) is 13.2 Å². The van der Waals surface area contributed by atoms with E-state index in [0.29, 0.717) is 5.41 Å². The third kappa shape index (κ3) is 1.01. The van der Waals surface area contributed by atoms with Crippen LogP contribution in [-0.4, -0.2) is 13.2 Å². The van der Waals surface area contributed by atoms with Crippen LogP contribution in [0.2, 0.25) is 0 Å². The van der Waals surface area contributed by atoms with Gasteiger partial charge in [0.2, 0.25) is 0 Å². The quantitative estimate of drug-likeness (QED) is 0.625. The maximum Gasteiger partial charge on any atom is 0.0591 e. The molecule has 1 saturated heterocycles. The zero-order valence-corrected chi connectivity index (χ0v) is 7.70. The van der Waals surface area contributed by atoms with E-state index in [4.69, 9.17) is 4.74 Å². The zero-order valence-electron chi connectivity index (χ0n) is 6.89. The van der Waals surface area contributed by atoms with Crippen molar-refractivity contribution in [2.24, 2.45) is 0 Å². The lowest BCUT2D eigenvalue weighted by molar-refractivity contribution is -0.0484. The number of rotatable bonds is 1. The van der Waals surface area contributed by atoms with Gasteiger partial charge in [-0.25, -0.2) is 0 Å². The predicted molar refractivity (Wildman–Crippen MR) is 47.2 cm³/mol. The number of hydrogen-bond acceptors (Lipinski definition) is 2. The molecule has 1 aliphatic heterocycles. The Morgan fingerprint density at radius 1 is 1.55 bits per heavy atom. The number of thiophene rings is 1. The monoisotopic (exact) mass is 168 g/mol. The zero-order chi connectivity index (χ0) is 7.90. The van der Waals surface area contributed by atoms with Crippen molar-refractivity contribution in [1.82, 2.24) is 0 Å². The summed E-state index contributed by atoms with van der Waals surface area (Å²) in [5.41, 5.74) is 1.75. The molecule has 0 bridgehead atoms. The Labute approximate surface area is 71.0 Å². The van der Waals surface area contributed by atoms with Crippen molar-refractivity contribution in [3.63, 3.8) is 0 Å². The van der Waals surface area contributed by atoms with Crippen molar-refractivity contribution >= 4 is 11.3 Å². The van der Waals surface area contributed by atoms with Gasteiger partial charge < -0.3 is 4.74 Å². The van der Waals surface area contributed by atoms with E-state index in [1.54, 1.807) is 0 Å². The van der Waals surface area contributed by atoms with E-state index >= 15 is 0 Å². The first kappa shape index (κ1) is 7.32. The second kappa shape index (κ2) is 2.32. The van der Waals surface area contributed by atoms with Crippen molar-refractivity contribution in [2.75, 3.05) is 13.2 Å². The Balaban J connectivity index is 2.35. The molecular formula is C9H12OS. The molecule has 11 heavy (non-hydrogen) atoms. The van der Waals surface area contributed by atoms with Crippen LogP contribution in [-0.2, 0) is 10.2 Å². The normalized spacial score (nSPS) is 21.3. The third-order valence-corrected chi connectivity index (χ3v) is 3.57. The van der Waals surface area contributed by atoms with Crippen molar-refractivity contribution in [2.45, 2.75) is 19.3 Å². The summed E-state index contributed by atoms with van der Waals surface area (Å²) >= 11 is 1.85. The Morgan fingerprint density at radius 3 is 2.64 bits per heavy atom. The molecule has 1 aromatic heterocycles. The van der Waals surface area contributed by atoms with E-state index in [1.165, 1.54) is 10.4 Å². The first-order chi connectivity index (χ1) is 5.22. The van der Waals surface area contributed by atoms with Crippen LogP contribution in [0, 0.1) is 6.92 Å². The van der Waals surface area contributed by atoms with Crippen molar-refractivity contribution in [1.29, 1.82) is 0 Å². The van der Waals surface area contributed by atoms with Crippen LogP contribution in [0.15, 0.2) is 11.4 Å². The van der Waals surface area contributed by atoms with Gasteiger partial charge in [0.15, 0.2) is 0 Å². The van der Waals surface area contributed by atoms with Crippen molar-refractivity contribution in [3.05, 3.63) is 21.9 Å². The predicted octanol–water partition coefficient (Wildman–Crippen LogP) is 2.34. The fraction of sp³-hybridized carbons (Fsp3) is 0.556. The molecule has 1 aliphatic rings. The average molecular weight is 168 g/mol. The molecular weight excluding hydrogens is 156 g/mol. The summed E-state index contributed by atoms with van der Waals surface area (Å²) in [5.74, 6) is 0. The van der Waals surface area contributed by atoms with Gasteiger partial charge in [-0.2, -0.15) is 0 Å². The highest BCUT2D eigenvalue weighted by molar-refractivity contribution is 7.10. The van der Waals surface area contributed by atoms with Crippen LogP contribution < -0.4 is 0 Å². The molecule has 0 unspecified atom stereocenters. The van der Waals surface area contributed by atoms with Crippen LogP contribution in [0.25, 0.3) is 0 Å². The van der Waals surface area contributed by atoms with Crippen molar-refractivity contribution in [3.8, 4) is 0 Å². The lowest BCUT2D eigenvalue weighted by atomic mass is 9.85. The van der Waals surface area contributed by atoms with Gasteiger partial charge in [-0.3, -0.25) is 0 Å². The van der Waals surface area contributed by atoms with Gasteiger partial charge in [0.05, 0.1) is 13.2 Å². The highest BCUT2D eigenvalue weighted by Crippen LogP contribution is 2.36. The third-order valence-electron chi connectivity index (χ3n) is 2.25. The summed E-state index contributed by atoms with van der Waals surface area (Å²) in [6.45, 7) is 6.24. The van der Waals surface area contributed by atoms with Gasteiger partial charge in [-0.15, -0.1) is 11.3 Å². The van der Waals surface area contributed by atoms with Crippen LogP contribution in [0.4, 0.5) is 0 Å². The average Bonchev–Trinajstić information content (AvgIpc) is 2.30. The minimum atomic E-state index is 0.332. The minimum Gasteiger partial charge on any atom is -0.379 e. The smallest absolute Gasteiger partial charge is 0.0591 e. The van der Waals surface area contributed by atoms with Crippen LogP contribution in [0.1, 0.15) is 17.4 Å². The molecule has 2 heteroatoms. The van der Waals surface area contributed by atoms with E-state index in [-0.39, 0.29) is 0 Å². The second-order valence-electron chi connectivity index (χ2n) is 3.49. The fourth-order valence-electron chi connectivity index (χ4n) is 1.53. The number of aryl methyl sites for hydroxylation is 1. The Kier molecular flexibility index (Phi) is 1.55. The van der Waals surface area contributed by atoms with Crippen LogP contribution in [0.5, 0.6) is 0 Å². The molecule has 0 atom stereocenters. The van der Waals surface area contributed by atoms with E-state index < -0.39 is 0 Å². The SMILES string of the molecule is Cc1ccsc1C1(C)COC1. The Morgan fingerprint density at radius 2 is 2.27 bits per heavy atom. The molecule has 60 valence electrons. The molecule has 1 aromatic rings. The molecule has 0 N–H and O–H groups in total. The lowest BCUT2D eigenvalue weighted by Crippen LogP contribution is -2.43. The second-order valence-corrected chi connectivity index (χ2v) is 4.40. The van der Waals surface area contributed by atoms with Gasteiger partial charge in [0.1, 0.15) is 0 Å². The van der Waals surface area contributed by atoms with Gasteiger partial charge in [0.25, 0.3) is 0 Å². The Bertz CT molecular complexity index is 260. The maximum atomic E-state index is 5.22. The molecule has 1 fully saturated rings. The molecule has 0 aromatic carbocycles. The molecule has 0 aliphatic carbocycles. The van der Waals surface area contributed by atoms with E-state index in [1.807, 2.05) is 11.3 Å². The summed E-state index contributed by atoms with van der Waals surface area (Å²) in [6, 6.07) is 2.18. The first-order valence-corrected chi connectivity index (χ1v) is 4.73. The standard InChI is InChI=1S/C9H12OS/c1-7-3-4-11-8(7)9(2)5-10-6-9/h3-4H,5-6H2,1-2H3. The fourth-order valence-corrected chi connectivity index (χ4v) is 2.59. The highest BCUT2D eigenvalue weighted by atomic mass is 32.1. The van der Waals surface area contributed by atoms with Gasteiger partial charge >= 0.3 is 0 Å². The number of ether oxygens (including phenoxy) is 1. The molecule has 0 saturated carbocycles. The maximum absolute atomic E-state index is 5.22. The summed E-state index contributed by atoms with van der Waals surface area (Å²) in [7, 11) is 0. The summed E-state index contributed by atoms with van der Waals surface area (Å²) in [5, 5.41) is 2.16. The van der Waals surface area contributed by atoms with Gasteiger partial charge in [0, 0.05) is 10.3 Å². The number of hydrogen-bond donors (Lipinski definition) is 0. The molecule has 2 heterocycles. The summed E-state index contributed by atoms with van der Waals surface area (Å²) < 4.78 is 5.22. The minimum absolute atomic E-state index is 0.332. The summed E-state index contributed by atoms with van der Waals surface area (Å²) in [6.07, 6.45) is 0. The molecule has 1 nitrogen and oxygen atoms in total. The topological polar surface area (TPSA) is 9.23 Å². The first-order valence-electron chi connectivity index (χ1n) is 3.85. The van der Waals surface area contributed by atoms with Crippen LogP contribution >= 0.6 is 11.3 Å². The molecule has 0 spiro atoms. The van der Waals surface area contributed by atoms with Crippen LogP contribution in [0.3, 0.4) is 0 Å². The van der Waals surface area contributed by atoms with E-state index in [2.05, 4.69) is 25.3 Å². The molecule has 0 amide bonds. The molecule has 0 radical (unpaired) electrons.